The molecule has 0 radical (unpaired) electrons. The largest absolute Gasteiger partial charge is 0.395 e. The Kier molecular flexibility index (Phi) is 1.41. The molecule has 0 bridgehead atoms. The lowest BCUT2D eigenvalue weighted by Gasteiger charge is -2.03. The zero-order valence-corrected chi connectivity index (χ0v) is 5.55. The van der Waals surface area contributed by atoms with Gasteiger partial charge in [0.1, 0.15) is 0 Å². The number of rotatable bonds is 0. The van der Waals surface area contributed by atoms with Crippen LogP contribution in [0.2, 0.25) is 0 Å². The highest BCUT2D eigenvalue weighted by atomic mass is 16.2. The van der Waals surface area contributed by atoms with Crippen molar-refractivity contribution in [1.82, 2.24) is 0 Å². The van der Waals surface area contributed by atoms with Crippen LogP contribution in [0.15, 0.2) is 23.4 Å². The first-order valence-corrected chi connectivity index (χ1v) is 2.86. The molecular weight excluding hydrogens is 130 g/mol. The van der Waals surface area contributed by atoms with E-state index in [0.29, 0.717) is 5.57 Å². The van der Waals surface area contributed by atoms with E-state index in [2.05, 4.69) is 0 Å². The van der Waals surface area contributed by atoms with Crippen molar-refractivity contribution in [3.8, 4) is 0 Å². The second-order valence-corrected chi connectivity index (χ2v) is 2.13. The zero-order chi connectivity index (χ0) is 7.72. The third-order valence-corrected chi connectivity index (χ3v) is 1.34. The third kappa shape index (κ3) is 0.857. The van der Waals surface area contributed by atoms with Gasteiger partial charge in [-0.05, 0) is 13.0 Å². The van der Waals surface area contributed by atoms with Crippen LogP contribution >= 0.6 is 0 Å². The summed E-state index contributed by atoms with van der Waals surface area (Å²) in [7, 11) is 0. The smallest absolute Gasteiger partial charge is 0.248 e. The lowest BCUT2D eigenvalue weighted by Crippen LogP contribution is -2.24. The number of hydrogen-bond acceptors (Lipinski definition) is 3. The monoisotopic (exact) mass is 137 g/mol. The summed E-state index contributed by atoms with van der Waals surface area (Å²) in [6.07, 6.45) is 2.98. The molecule has 52 valence electrons. The van der Waals surface area contributed by atoms with Gasteiger partial charge in [-0.15, -0.1) is 0 Å². The highest BCUT2D eigenvalue weighted by Gasteiger charge is 2.20. The van der Waals surface area contributed by atoms with E-state index >= 15 is 0 Å². The molecule has 0 unspecified atom stereocenters. The van der Waals surface area contributed by atoms with E-state index in [1.165, 1.54) is 6.08 Å². The third-order valence-electron chi connectivity index (χ3n) is 1.34. The molecule has 0 aromatic heterocycles. The molecule has 0 atom stereocenters. The Hall–Kier alpha value is -1.38. The summed E-state index contributed by atoms with van der Waals surface area (Å²) in [5, 5.41) is 0. The summed E-state index contributed by atoms with van der Waals surface area (Å²) >= 11 is 0. The normalized spacial score (nSPS) is 18.5. The van der Waals surface area contributed by atoms with E-state index in [9.17, 15) is 9.59 Å². The van der Waals surface area contributed by atoms with Gasteiger partial charge in [-0.2, -0.15) is 0 Å². The fourth-order valence-electron chi connectivity index (χ4n) is 0.676. The van der Waals surface area contributed by atoms with Crippen molar-refractivity contribution in [3.63, 3.8) is 0 Å². The van der Waals surface area contributed by atoms with Crippen LogP contribution in [-0.2, 0) is 9.59 Å². The first kappa shape index (κ1) is 6.74. The molecular formula is C7H7NO2. The van der Waals surface area contributed by atoms with Crippen molar-refractivity contribution in [2.45, 2.75) is 6.92 Å². The molecule has 3 nitrogen and oxygen atoms in total. The van der Waals surface area contributed by atoms with Gasteiger partial charge in [0.2, 0.25) is 11.6 Å². The highest BCUT2D eigenvalue weighted by molar-refractivity contribution is 6.49. The van der Waals surface area contributed by atoms with E-state index in [4.69, 9.17) is 5.73 Å². The number of carbonyl (C=O) groups is 2. The number of nitrogens with two attached hydrogens (primary N) is 1. The Morgan fingerprint density at radius 3 is 2.30 bits per heavy atom. The second kappa shape index (κ2) is 2.10. The van der Waals surface area contributed by atoms with Crippen molar-refractivity contribution in [2.24, 2.45) is 5.73 Å². The van der Waals surface area contributed by atoms with Gasteiger partial charge in [0.15, 0.2) is 0 Å². The molecule has 0 saturated carbocycles. The fraction of sp³-hybridized carbons (Fsp3) is 0.143. The van der Waals surface area contributed by atoms with Gasteiger partial charge in [-0.1, -0.05) is 6.08 Å². The Labute approximate surface area is 58.2 Å². The van der Waals surface area contributed by atoms with E-state index < -0.39 is 11.6 Å². The average molecular weight is 137 g/mol. The minimum absolute atomic E-state index is 0.0237. The zero-order valence-electron chi connectivity index (χ0n) is 5.55. The second-order valence-electron chi connectivity index (χ2n) is 2.13. The minimum atomic E-state index is -0.597. The molecule has 0 fully saturated rings. The maximum absolute atomic E-state index is 10.8. The van der Waals surface area contributed by atoms with Crippen LogP contribution in [0.3, 0.4) is 0 Å². The molecule has 0 amide bonds. The number of allylic oxidation sites excluding steroid dienone is 4. The number of ketones is 2. The maximum atomic E-state index is 10.8. The Bertz CT molecular complexity index is 225. The molecule has 3 heteroatoms. The lowest BCUT2D eigenvalue weighted by molar-refractivity contribution is -0.132. The van der Waals surface area contributed by atoms with E-state index in [1.807, 2.05) is 0 Å². The van der Waals surface area contributed by atoms with Crippen LogP contribution in [0.5, 0.6) is 0 Å². The molecule has 0 saturated heterocycles. The number of carbonyl (C=O) groups excluding carboxylic acids is 2. The topological polar surface area (TPSA) is 60.2 Å². The van der Waals surface area contributed by atoms with E-state index in [0.717, 1.165) is 0 Å². The van der Waals surface area contributed by atoms with Crippen LogP contribution in [0, 0.1) is 0 Å². The Balaban J connectivity index is 3.09. The molecule has 2 N–H and O–H groups in total. The summed E-state index contributed by atoms with van der Waals surface area (Å²) in [5.41, 5.74) is 5.64. The van der Waals surface area contributed by atoms with Crippen LogP contribution in [-0.4, -0.2) is 11.6 Å². The molecule has 0 aromatic rings. The SMILES string of the molecule is CC1=CC=C(N)C(=O)C1=O. The van der Waals surface area contributed by atoms with Gasteiger partial charge in [-0.3, -0.25) is 9.59 Å². The number of hydrogen-bond donors (Lipinski definition) is 1. The van der Waals surface area contributed by atoms with Crippen molar-refractivity contribution in [3.05, 3.63) is 23.4 Å². The van der Waals surface area contributed by atoms with Crippen LogP contribution in [0.1, 0.15) is 6.92 Å². The maximum Gasteiger partial charge on any atom is 0.248 e. The molecule has 0 aliphatic heterocycles. The van der Waals surface area contributed by atoms with Crippen LogP contribution < -0.4 is 5.73 Å². The fourth-order valence-corrected chi connectivity index (χ4v) is 0.676. The molecule has 1 rings (SSSR count). The molecule has 10 heavy (non-hydrogen) atoms. The summed E-state index contributed by atoms with van der Waals surface area (Å²) in [6, 6.07) is 0. The predicted molar refractivity (Wildman–Crippen MR) is 36.0 cm³/mol. The van der Waals surface area contributed by atoms with Gasteiger partial charge in [0, 0.05) is 5.57 Å². The van der Waals surface area contributed by atoms with Gasteiger partial charge in [0.25, 0.3) is 0 Å². The molecule has 1 aliphatic carbocycles. The Morgan fingerprint density at radius 2 is 1.80 bits per heavy atom. The lowest BCUT2D eigenvalue weighted by atomic mass is 10.0. The van der Waals surface area contributed by atoms with E-state index in [-0.39, 0.29) is 5.70 Å². The summed E-state index contributed by atoms with van der Waals surface area (Å²) < 4.78 is 0. The molecule has 0 heterocycles. The molecule has 0 aromatic carbocycles. The average Bonchev–Trinajstić information content (AvgIpc) is 1.93. The molecule has 1 aliphatic rings. The number of Topliss-reactive ketones (excluding diaryl/α,β-unsaturated/α-hetero) is 2. The summed E-state index contributed by atoms with van der Waals surface area (Å²) in [5.74, 6) is -1.10. The van der Waals surface area contributed by atoms with Crippen LogP contribution in [0.4, 0.5) is 0 Å². The van der Waals surface area contributed by atoms with Gasteiger partial charge in [-0.25, -0.2) is 0 Å². The highest BCUT2D eigenvalue weighted by Crippen LogP contribution is 2.06. The van der Waals surface area contributed by atoms with Crippen molar-refractivity contribution in [1.29, 1.82) is 0 Å². The van der Waals surface area contributed by atoms with Gasteiger partial charge < -0.3 is 5.73 Å². The summed E-state index contributed by atoms with van der Waals surface area (Å²) in [6.45, 7) is 1.59. The van der Waals surface area contributed by atoms with Gasteiger partial charge in [0.05, 0.1) is 5.70 Å². The Morgan fingerprint density at radius 1 is 1.20 bits per heavy atom. The van der Waals surface area contributed by atoms with Crippen molar-refractivity contribution < 1.29 is 9.59 Å². The van der Waals surface area contributed by atoms with Crippen LogP contribution in [0.25, 0.3) is 0 Å². The molecule has 0 spiro atoms. The summed E-state index contributed by atoms with van der Waals surface area (Å²) in [4.78, 5) is 21.5. The first-order valence-electron chi connectivity index (χ1n) is 2.86. The van der Waals surface area contributed by atoms with Crippen molar-refractivity contribution in [2.75, 3.05) is 0 Å². The minimum Gasteiger partial charge on any atom is -0.395 e. The quantitative estimate of drug-likeness (QED) is 0.375. The first-order chi connectivity index (χ1) is 4.63. The predicted octanol–water partition coefficient (Wildman–Crippen LogP) is -0.0729. The van der Waals surface area contributed by atoms with E-state index in [1.54, 1.807) is 13.0 Å². The van der Waals surface area contributed by atoms with Gasteiger partial charge >= 0.3 is 0 Å². The standard InChI is InChI=1S/C7H7NO2/c1-4-2-3-5(8)7(10)6(4)9/h2-3H,8H2,1H3. The van der Waals surface area contributed by atoms with Crippen molar-refractivity contribution >= 4 is 11.6 Å².